The van der Waals surface area contributed by atoms with Crippen molar-refractivity contribution in [3.8, 4) is 0 Å². The molecule has 0 aliphatic carbocycles. The van der Waals surface area contributed by atoms with Crippen LogP contribution >= 0.6 is 0 Å². The van der Waals surface area contributed by atoms with Crippen LogP contribution in [-0.4, -0.2) is 41.3 Å². The van der Waals surface area contributed by atoms with Gasteiger partial charge in [-0.05, 0) is 49.9 Å². The van der Waals surface area contributed by atoms with Crippen molar-refractivity contribution in [3.05, 3.63) is 65.2 Å². The molecule has 2 aliphatic rings. The first-order valence-corrected chi connectivity index (χ1v) is 10.8. The average Bonchev–Trinajstić information content (AvgIpc) is 3.44. The summed E-state index contributed by atoms with van der Waals surface area (Å²) >= 11 is 0. The molecule has 2 aromatic heterocycles. The summed E-state index contributed by atoms with van der Waals surface area (Å²) in [6.45, 7) is 1.64. The molecule has 1 N–H and O–H groups in total. The van der Waals surface area contributed by atoms with E-state index in [2.05, 4.69) is 10.4 Å². The summed E-state index contributed by atoms with van der Waals surface area (Å²) in [6.07, 6.45) is 5.62. The molecule has 6 nitrogen and oxygen atoms in total. The minimum absolute atomic E-state index is 0.0311. The molecule has 2 fully saturated rings. The van der Waals surface area contributed by atoms with Crippen LogP contribution in [0.4, 0.5) is 18.9 Å². The summed E-state index contributed by atoms with van der Waals surface area (Å²) in [5, 5.41) is 7.06. The maximum atomic E-state index is 15.8. The number of carbonyl (C=O) groups is 1. The number of nitrogens with one attached hydrogen (secondary N) is 1. The molecule has 0 spiro atoms. The van der Waals surface area contributed by atoms with E-state index in [4.69, 9.17) is 4.74 Å². The van der Waals surface area contributed by atoms with Crippen molar-refractivity contribution in [1.82, 2.24) is 14.9 Å². The van der Waals surface area contributed by atoms with Crippen LogP contribution in [-0.2, 0) is 4.74 Å². The lowest BCUT2D eigenvalue weighted by atomic mass is 10.0. The van der Waals surface area contributed by atoms with Crippen molar-refractivity contribution in [2.75, 3.05) is 24.7 Å². The van der Waals surface area contributed by atoms with Crippen molar-refractivity contribution in [2.24, 2.45) is 0 Å². The summed E-state index contributed by atoms with van der Waals surface area (Å²) < 4.78 is 50.6. The molecular weight excluding hydrogens is 421 g/mol. The Balaban J connectivity index is 1.49. The van der Waals surface area contributed by atoms with Gasteiger partial charge >= 0.3 is 0 Å². The lowest BCUT2D eigenvalue weighted by Gasteiger charge is -2.28. The number of rotatable bonds is 4. The number of nitrogens with zero attached hydrogens (tertiary/aromatic N) is 3. The highest BCUT2D eigenvalue weighted by Crippen LogP contribution is 2.39. The van der Waals surface area contributed by atoms with Crippen molar-refractivity contribution < 1.29 is 22.7 Å². The number of anilines is 1. The summed E-state index contributed by atoms with van der Waals surface area (Å²) in [5.41, 5.74) is 0.651. The summed E-state index contributed by atoms with van der Waals surface area (Å²) in [4.78, 5) is 14.6. The highest BCUT2D eigenvalue weighted by molar-refractivity contribution is 6.01. The molecule has 2 saturated heterocycles. The number of aromatic nitrogens is 2. The van der Waals surface area contributed by atoms with E-state index in [9.17, 15) is 13.6 Å². The predicted octanol–water partition coefficient (Wildman–Crippen LogP) is 4.00. The highest BCUT2D eigenvalue weighted by atomic mass is 19.1. The molecule has 9 heteroatoms. The van der Waals surface area contributed by atoms with Gasteiger partial charge in [-0.2, -0.15) is 5.10 Å². The minimum atomic E-state index is -0.606. The highest BCUT2D eigenvalue weighted by Gasteiger charge is 2.32. The first-order valence-electron chi connectivity index (χ1n) is 10.8. The van der Waals surface area contributed by atoms with Crippen molar-refractivity contribution in [1.29, 1.82) is 0 Å². The van der Waals surface area contributed by atoms with Gasteiger partial charge in [0.05, 0.1) is 23.5 Å². The molecule has 1 aromatic carbocycles. The number of pyridine rings is 1. The molecule has 3 aromatic rings. The van der Waals surface area contributed by atoms with E-state index in [0.717, 1.165) is 12.1 Å². The minimum Gasteiger partial charge on any atom is -0.381 e. The monoisotopic (exact) mass is 444 g/mol. The number of halogens is 3. The van der Waals surface area contributed by atoms with Crippen LogP contribution in [0.3, 0.4) is 0 Å². The molecule has 0 unspecified atom stereocenters. The fraction of sp³-hybridized carbons (Fsp3) is 0.391. The zero-order valence-corrected chi connectivity index (χ0v) is 17.4. The molecule has 4 heterocycles. The van der Waals surface area contributed by atoms with E-state index in [1.54, 1.807) is 17.2 Å². The fourth-order valence-electron chi connectivity index (χ4n) is 4.67. The van der Waals surface area contributed by atoms with Gasteiger partial charge in [0.1, 0.15) is 17.2 Å². The standard InChI is InChI=1S/C23H23F3N4O2/c24-14-3-4-18(25)16(12-14)19-2-1-8-29(19)20-5-9-30-22(21(20)26)17(13-27-30)23(31)28-15-6-10-32-11-7-15/h3-5,9,12-13,15,19H,1-2,6-8,10-11H2,(H,28,31)/t19-/m1/s1. The first kappa shape index (κ1) is 20.8. The molecule has 1 amide bonds. The number of hydrogen-bond donors (Lipinski definition) is 1. The van der Waals surface area contributed by atoms with E-state index in [0.29, 0.717) is 45.4 Å². The van der Waals surface area contributed by atoms with Crippen molar-refractivity contribution >= 4 is 17.1 Å². The molecule has 2 aliphatic heterocycles. The van der Waals surface area contributed by atoms with Gasteiger partial charge in [0.2, 0.25) is 0 Å². The predicted molar refractivity (Wildman–Crippen MR) is 112 cm³/mol. The molecule has 0 bridgehead atoms. The normalized spacial score (nSPS) is 19.6. The second kappa shape index (κ2) is 8.46. The zero-order chi connectivity index (χ0) is 22.2. The lowest BCUT2D eigenvalue weighted by molar-refractivity contribution is 0.0697. The van der Waals surface area contributed by atoms with Crippen LogP contribution in [0.1, 0.15) is 47.6 Å². The quantitative estimate of drug-likeness (QED) is 0.661. The van der Waals surface area contributed by atoms with Gasteiger partial charge < -0.3 is 15.0 Å². The topological polar surface area (TPSA) is 58.9 Å². The fourth-order valence-corrected chi connectivity index (χ4v) is 4.67. The van der Waals surface area contributed by atoms with Gasteiger partial charge in [0.25, 0.3) is 5.91 Å². The van der Waals surface area contributed by atoms with Crippen LogP contribution in [0.15, 0.2) is 36.7 Å². The Kier molecular flexibility index (Phi) is 5.50. The molecule has 1 atom stereocenters. The van der Waals surface area contributed by atoms with Gasteiger partial charge in [0, 0.05) is 37.6 Å². The summed E-state index contributed by atoms with van der Waals surface area (Å²) in [5.74, 6) is -2.05. The van der Waals surface area contributed by atoms with Crippen molar-refractivity contribution in [2.45, 2.75) is 37.8 Å². The maximum absolute atomic E-state index is 15.8. The third-order valence-corrected chi connectivity index (χ3v) is 6.28. The van der Waals surface area contributed by atoms with Gasteiger partial charge in [-0.15, -0.1) is 0 Å². The van der Waals surface area contributed by atoms with Crippen LogP contribution in [0, 0.1) is 17.5 Å². The maximum Gasteiger partial charge on any atom is 0.255 e. The summed E-state index contributed by atoms with van der Waals surface area (Å²) in [7, 11) is 0. The van der Waals surface area contributed by atoms with Gasteiger partial charge in [-0.3, -0.25) is 4.79 Å². The molecular formula is C23H23F3N4O2. The Morgan fingerprint density at radius 2 is 1.94 bits per heavy atom. The first-order chi connectivity index (χ1) is 15.5. The lowest BCUT2D eigenvalue weighted by Crippen LogP contribution is -2.38. The van der Waals surface area contributed by atoms with E-state index in [1.165, 1.54) is 16.8 Å². The molecule has 0 saturated carbocycles. The SMILES string of the molecule is O=C(NC1CCOCC1)c1cnn2ccc(N3CCC[C@@H]3c3cc(F)ccc3F)c(F)c12. The van der Waals surface area contributed by atoms with Crippen LogP contribution in [0.2, 0.25) is 0 Å². The number of hydrogen-bond acceptors (Lipinski definition) is 4. The van der Waals surface area contributed by atoms with Crippen LogP contribution < -0.4 is 10.2 Å². The Morgan fingerprint density at radius 1 is 1.12 bits per heavy atom. The number of fused-ring (bicyclic) bond motifs is 1. The molecule has 5 rings (SSSR count). The van der Waals surface area contributed by atoms with Gasteiger partial charge in [-0.25, -0.2) is 17.7 Å². The van der Waals surface area contributed by atoms with E-state index < -0.39 is 29.4 Å². The Hall–Kier alpha value is -3.07. The average molecular weight is 444 g/mol. The Labute approximate surface area is 183 Å². The smallest absolute Gasteiger partial charge is 0.255 e. The Morgan fingerprint density at radius 3 is 2.75 bits per heavy atom. The van der Waals surface area contributed by atoms with Crippen molar-refractivity contribution in [3.63, 3.8) is 0 Å². The van der Waals surface area contributed by atoms with E-state index in [1.807, 2.05) is 0 Å². The number of ether oxygens (including phenoxy) is 1. The van der Waals surface area contributed by atoms with Gasteiger partial charge in [-0.1, -0.05) is 0 Å². The molecule has 168 valence electrons. The Bertz CT molecular complexity index is 1160. The van der Waals surface area contributed by atoms with E-state index in [-0.39, 0.29) is 28.4 Å². The summed E-state index contributed by atoms with van der Waals surface area (Å²) in [6, 6.07) is 4.36. The zero-order valence-electron chi connectivity index (χ0n) is 17.4. The van der Waals surface area contributed by atoms with Gasteiger partial charge in [0.15, 0.2) is 5.82 Å². The number of carbonyl (C=O) groups excluding carboxylic acids is 1. The van der Waals surface area contributed by atoms with Crippen LogP contribution in [0.25, 0.3) is 5.52 Å². The van der Waals surface area contributed by atoms with Crippen LogP contribution in [0.5, 0.6) is 0 Å². The molecule has 0 radical (unpaired) electrons. The third-order valence-electron chi connectivity index (χ3n) is 6.28. The largest absolute Gasteiger partial charge is 0.381 e. The second-order valence-corrected chi connectivity index (χ2v) is 8.24. The number of benzene rings is 1. The second-order valence-electron chi connectivity index (χ2n) is 8.24. The molecule has 32 heavy (non-hydrogen) atoms. The number of amides is 1. The third kappa shape index (κ3) is 3.70. The van der Waals surface area contributed by atoms with E-state index >= 15 is 4.39 Å².